The fourth-order valence-electron chi connectivity index (χ4n) is 3.39. The molecule has 1 saturated heterocycles. The number of carbonyl (C=O) groups is 2. The largest absolute Gasteiger partial charge is 0.347 e. The molecule has 1 fully saturated rings. The molecule has 1 N–H and O–H groups in total. The normalized spacial score (nSPS) is 16.1. The van der Waals surface area contributed by atoms with Crippen LogP contribution in [0.25, 0.3) is 17.0 Å². The lowest BCUT2D eigenvalue weighted by atomic mass is 10.1. The molecule has 1 aromatic heterocycles. The molecule has 2 amide bonds. The Balaban J connectivity index is 1.80. The number of benzene rings is 2. The summed E-state index contributed by atoms with van der Waals surface area (Å²) in [5.41, 5.74) is 3.65. The van der Waals surface area contributed by atoms with E-state index in [1.54, 1.807) is 6.08 Å². The molecular weight excluding hydrogens is 370 g/mol. The van der Waals surface area contributed by atoms with E-state index < -0.39 is 11.8 Å². The van der Waals surface area contributed by atoms with Crippen LogP contribution in [-0.2, 0) is 16.1 Å². The van der Waals surface area contributed by atoms with Gasteiger partial charge in [0, 0.05) is 29.2 Å². The second-order valence-electron chi connectivity index (χ2n) is 6.68. The summed E-state index contributed by atoms with van der Waals surface area (Å²) >= 11 is 5.26. The number of amides is 2. The molecule has 0 aliphatic carbocycles. The molecule has 140 valence electrons. The molecule has 5 nitrogen and oxygen atoms in total. The van der Waals surface area contributed by atoms with Crippen LogP contribution in [0.1, 0.15) is 18.1 Å². The number of thiocarbonyl (C=S) groups is 1. The Morgan fingerprint density at radius 1 is 1.07 bits per heavy atom. The van der Waals surface area contributed by atoms with Gasteiger partial charge in [-0.2, -0.15) is 0 Å². The highest BCUT2D eigenvalue weighted by Crippen LogP contribution is 2.26. The number of fused-ring (bicyclic) bond motifs is 1. The van der Waals surface area contributed by atoms with Crippen LogP contribution in [0.3, 0.4) is 0 Å². The van der Waals surface area contributed by atoms with Crippen molar-refractivity contribution in [1.29, 1.82) is 0 Å². The van der Waals surface area contributed by atoms with Crippen LogP contribution in [0.2, 0.25) is 0 Å². The zero-order valence-corrected chi connectivity index (χ0v) is 16.4. The van der Waals surface area contributed by atoms with Crippen LogP contribution in [-0.4, -0.2) is 21.5 Å². The number of para-hydroxylation sites is 1. The molecule has 1 aliphatic rings. The number of carbonyl (C=O) groups excluding carboxylic acids is 2. The Kier molecular flexibility index (Phi) is 4.57. The molecule has 2 aromatic carbocycles. The smallest absolute Gasteiger partial charge is 0.270 e. The van der Waals surface area contributed by atoms with Crippen molar-refractivity contribution >= 4 is 51.8 Å². The predicted octanol–water partition coefficient (Wildman–Crippen LogP) is 3.80. The third kappa shape index (κ3) is 3.01. The number of hydrogen-bond acceptors (Lipinski definition) is 3. The molecule has 0 radical (unpaired) electrons. The monoisotopic (exact) mass is 389 g/mol. The molecule has 0 bridgehead atoms. The lowest BCUT2D eigenvalue weighted by Crippen LogP contribution is -2.54. The average Bonchev–Trinajstić information content (AvgIpc) is 3.04. The van der Waals surface area contributed by atoms with Crippen molar-refractivity contribution in [3.05, 3.63) is 71.4 Å². The quantitative estimate of drug-likeness (QED) is 0.421. The van der Waals surface area contributed by atoms with E-state index in [4.69, 9.17) is 12.2 Å². The van der Waals surface area contributed by atoms with Crippen LogP contribution in [0.5, 0.6) is 0 Å². The molecular formula is C22H19N3O2S. The molecule has 0 spiro atoms. The number of aromatic nitrogens is 1. The maximum absolute atomic E-state index is 13.2. The summed E-state index contributed by atoms with van der Waals surface area (Å²) in [6.07, 6.45) is 3.61. The van der Waals surface area contributed by atoms with E-state index in [1.807, 2.05) is 61.7 Å². The van der Waals surface area contributed by atoms with Gasteiger partial charge in [-0.15, -0.1) is 0 Å². The Morgan fingerprint density at radius 3 is 2.50 bits per heavy atom. The second kappa shape index (κ2) is 7.05. The van der Waals surface area contributed by atoms with E-state index in [1.165, 1.54) is 4.90 Å². The maximum Gasteiger partial charge on any atom is 0.270 e. The minimum atomic E-state index is -0.480. The van der Waals surface area contributed by atoms with Crippen LogP contribution in [0.4, 0.5) is 5.69 Å². The van der Waals surface area contributed by atoms with E-state index in [0.29, 0.717) is 5.69 Å². The number of nitrogens with one attached hydrogen (secondary N) is 1. The lowest BCUT2D eigenvalue weighted by Gasteiger charge is -2.29. The van der Waals surface area contributed by atoms with Gasteiger partial charge in [-0.3, -0.25) is 19.8 Å². The minimum Gasteiger partial charge on any atom is -0.347 e. The van der Waals surface area contributed by atoms with E-state index in [-0.39, 0.29) is 10.7 Å². The first kappa shape index (κ1) is 18.1. The highest BCUT2D eigenvalue weighted by atomic mass is 32.1. The van der Waals surface area contributed by atoms with Gasteiger partial charge in [0.1, 0.15) is 5.57 Å². The molecule has 28 heavy (non-hydrogen) atoms. The zero-order chi connectivity index (χ0) is 19.8. The van der Waals surface area contributed by atoms with Crippen molar-refractivity contribution in [2.45, 2.75) is 20.4 Å². The van der Waals surface area contributed by atoms with Crippen molar-refractivity contribution in [3.63, 3.8) is 0 Å². The van der Waals surface area contributed by atoms with Crippen LogP contribution in [0.15, 0.2) is 60.3 Å². The predicted molar refractivity (Wildman–Crippen MR) is 115 cm³/mol. The first-order valence-corrected chi connectivity index (χ1v) is 9.46. The van der Waals surface area contributed by atoms with Gasteiger partial charge in [0.05, 0.1) is 5.69 Å². The zero-order valence-electron chi connectivity index (χ0n) is 15.6. The summed E-state index contributed by atoms with van der Waals surface area (Å²) in [7, 11) is 0. The highest BCUT2D eigenvalue weighted by molar-refractivity contribution is 7.80. The van der Waals surface area contributed by atoms with E-state index in [0.717, 1.165) is 28.6 Å². The Morgan fingerprint density at radius 2 is 1.79 bits per heavy atom. The number of hydrogen-bond donors (Lipinski definition) is 1. The number of nitrogens with zero attached hydrogens (tertiary/aromatic N) is 2. The van der Waals surface area contributed by atoms with Crippen LogP contribution >= 0.6 is 12.2 Å². The minimum absolute atomic E-state index is 0.0631. The molecule has 0 unspecified atom stereocenters. The third-order valence-corrected chi connectivity index (χ3v) is 5.14. The summed E-state index contributed by atoms with van der Waals surface area (Å²) in [5, 5.41) is 3.72. The van der Waals surface area contributed by atoms with Gasteiger partial charge in [0.15, 0.2) is 5.11 Å². The van der Waals surface area contributed by atoms with Gasteiger partial charge in [-0.05, 0) is 50.3 Å². The Hall–Kier alpha value is -3.25. The van der Waals surface area contributed by atoms with Gasteiger partial charge < -0.3 is 4.57 Å². The molecule has 6 heteroatoms. The molecule has 4 rings (SSSR count). The van der Waals surface area contributed by atoms with Crippen molar-refractivity contribution in [3.8, 4) is 0 Å². The molecule has 3 aromatic rings. The van der Waals surface area contributed by atoms with Crippen molar-refractivity contribution < 1.29 is 9.59 Å². The summed E-state index contributed by atoms with van der Waals surface area (Å²) < 4.78 is 2.09. The first-order chi connectivity index (χ1) is 13.5. The Bertz CT molecular complexity index is 1140. The molecule has 2 heterocycles. The summed E-state index contributed by atoms with van der Waals surface area (Å²) in [6, 6.07) is 15.4. The fourth-order valence-corrected chi connectivity index (χ4v) is 3.67. The molecule has 0 saturated carbocycles. The van der Waals surface area contributed by atoms with Gasteiger partial charge in [-0.1, -0.05) is 35.9 Å². The van der Waals surface area contributed by atoms with Crippen molar-refractivity contribution in [2.24, 2.45) is 0 Å². The van der Waals surface area contributed by atoms with Gasteiger partial charge in [-0.25, -0.2) is 0 Å². The molecule has 1 aliphatic heterocycles. The van der Waals surface area contributed by atoms with Crippen molar-refractivity contribution in [2.75, 3.05) is 4.90 Å². The summed E-state index contributed by atoms with van der Waals surface area (Å²) in [5.74, 6) is -0.905. The van der Waals surface area contributed by atoms with E-state index >= 15 is 0 Å². The number of anilines is 1. The lowest BCUT2D eigenvalue weighted by molar-refractivity contribution is -0.122. The SMILES string of the molecule is CCn1cc(/C=C2/C(=O)NC(=S)N(c3ccc(C)cc3)C2=O)c2ccccc21. The van der Waals surface area contributed by atoms with Crippen LogP contribution in [0, 0.1) is 6.92 Å². The van der Waals surface area contributed by atoms with E-state index in [2.05, 4.69) is 16.8 Å². The van der Waals surface area contributed by atoms with Crippen molar-refractivity contribution in [1.82, 2.24) is 9.88 Å². The Labute approximate surface area is 168 Å². The van der Waals surface area contributed by atoms with E-state index in [9.17, 15) is 9.59 Å². The third-order valence-electron chi connectivity index (χ3n) is 4.85. The average molecular weight is 389 g/mol. The second-order valence-corrected chi connectivity index (χ2v) is 7.07. The van der Waals surface area contributed by atoms with Crippen LogP contribution < -0.4 is 10.2 Å². The topological polar surface area (TPSA) is 54.3 Å². The van der Waals surface area contributed by atoms with Gasteiger partial charge in [0.2, 0.25) is 0 Å². The number of rotatable bonds is 3. The maximum atomic E-state index is 13.2. The summed E-state index contributed by atoms with van der Waals surface area (Å²) in [6.45, 7) is 4.82. The standard InChI is InChI=1S/C22H19N3O2S/c1-3-24-13-15(17-6-4-5-7-19(17)24)12-18-20(26)23-22(28)25(21(18)27)16-10-8-14(2)9-11-16/h4-13H,3H2,1-2H3,(H,23,26,28)/b18-12-. The molecule has 0 atom stereocenters. The van der Waals surface area contributed by atoms with Gasteiger partial charge in [0.25, 0.3) is 11.8 Å². The summed E-state index contributed by atoms with van der Waals surface area (Å²) in [4.78, 5) is 27.1. The number of aryl methyl sites for hydroxylation is 2. The van der Waals surface area contributed by atoms with Gasteiger partial charge >= 0.3 is 0 Å². The first-order valence-electron chi connectivity index (χ1n) is 9.05. The fraction of sp³-hybridized carbons (Fsp3) is 0.136. The highest BCUT2D eigenvalue weighted by Gasteiger charge is 2.34.